The molecule has 5 heterocycles. The molecule has 252 valence electrons. The SMILES string of the molecule is Bc1ccc2nc1NCCC[C@@H]1CN(c3nc(-n4ccc(OC(B)(B)C(B)(B)C5C6(CC6)C56CC6)n4)ccc3C(=O)NS2(=O)=O)C(C)(C)C1. The van der Waals surface area contributed by atoms with Crippen LogP contribution in [0.5, 0.6) is 5.88 Å². The van der Waals surface area contributed by atoms with E-state index in [9.17, 15) is 13.2 Å². The third kappa shape index (κ3) is 5.15. The fraction of sp³-hybridized carbons (Fsp3) is 0.562. The van der Waals surface area contributed by atoms with Crippen molar-refractivity contribution in [3.8, 4) is 11.7 Å². The third-order valence-corrected chi connectivity index (χ3v) is 14.2. The molecule has 3 saturated carbocycles. The molecule has 3 aromatic rings. The maximum atomic E-state index is 13.8. The molecule has 8 rings (SSSR count). The van der Waals surface area contributed by atoms with Crippen LogP contribution in [0.25, 0.3) is 5.82 Å². The Hall–Kier alpha value is -3.35. The molecular formula is C32H44B5N7O4S. The van der Waals surface area contributed by atoms with E-state index < -0.39 is 21.3 Å². The van der Waals surface area contributed by atoms with E-state index in [1.807, 2.05) is 20.1 Å². The van der Waals surface area contributed by atoms with E-state index in [1.165, 1.54) is 31.7 Å². The Labute approximate surface area is 293 Å². The molecule has 0 radical (unpaired) electrons. The first-order valence-electron chi connectivity index (χ1n) is 17.8. The number of carbonyl (C=O) groups excluding carboxylic acids is 1. The van der Waals surface area contributed by atoms with Crippen molar-refractivity contribution in [1.82, 2.24) is 24.5 Å². The molecule has 0 aromatic carbocycles. The fourth-order valence-electron chi connectivity index (χ4n) is 9.76. The van der Waals surface area contributed by atoms with Crippen molar-refractivity contribution in [1.29, 1.82) is 0 Å². The summed E-state index contributed by atoms with van der Waals surface area (Å²) in [5, 5.41) is 7.44. The molecule has 1 saturated heterocycles. The Bertz CT molecular complexity index is 1960. The Morgan fingerprint density at radius 2 is 1.71 bits per heavy atom. The van der Waals surface area contributed by atoms with Crippen LogP contribution < -0.4 is 25.1 Å². The molecule has 0 unspecified atom stereocenters. The van der Waals surface area contributed by atoms with E-state index in [1.54, 1.807) is 22.9 Å². The predicted molar refractivity (Wildman–Crippen MR) is 203 cm³/mol. The lowest BCUT2D eigenvalue weighted by molar-refractivity contribution is 0.0981. The highest BCUT2D eigenvalue weighted by Gasteiger charge is 2.89. The molecule has 2 spiro atoms. The van der Waals surface area contributed by atoms with Crippen molar-refractivity contribution in [2.75, 3.05) is 23.3 Å². The molecule has 2 N–H and O–H groups in total. The molecule has 5 aliphatic rings. The lowest BCUT2D eigenvalue weighted by atomic mass is 9.33. The van der Waals surface area contributed by atoms with Gasteiger partial charge in [0.2, 0.25) is 5.88 Å². The van der Waals surface area contributed by atoms with Crippen LogP contribution in [-0.4, -0.2) is 97.3 Å². The molecule has 3 aromatic heterocycles. The zero-order valence-corrected chi connectivity index (χ0v) is 30.6. The Morgan fingerprint density at radius 1 is 1.00 bits per heavy atom. The molecule has 1 atom stereocenters. The van der Waals surface area contributed by atoms with Crippen LogP contribution in [0.3, 0.4) is 0 Å². The fourth-order valence-corrected chi connectivity index (χ4v) is 10.7. The molecule has 1 amide bonds. The number of amides is 1. The van der Waals surface area contributed by atoms with Gasteiger partial charge in [0.25, 0.3) is 15.9 Å². The zero-order chi connectivity index (χ0) is 34.8. The highest BCUT2D eigenvalue weighted by molar-refractivity contribution is 7.90. The number of sulfonamides is 1. The van der Waals surface area contributed by atoms with Crippen molar-refractivity contribution in [3.05, 3.63) is 42.1 Å². The van der Waals surface area contributed by atoms with Gasteiger partial charge in [-0.05, 0) is 105 Å². The summed E-state index contributed by atoms with van der Waals surface area (Å²) in [7, 11) is 6.71. The van der Waals surface area contributed by atoms with Crippen LogP contribution in [-0.2, 0) is 10.0 Å². The highest BCUT2D eigenvalue weighted by Crippen LogP contribution is 2.96. The second kappa shape index (κ2) is 10.6. The van der Waals surface area contributed by atoms with Crippen LogP contribution in [0.15, 0.2) is 41.6 Å². The number of nitrogens with one attached hydrogen (secondary N) is 2. The minimum absolute atomic E-state index is 0.0202. The minimum atomic E-state index is -4.26. The molecule has 2 aliphatic heterocycles. The largest absolute Gasteiger partial charge is 0.490 e. The first-order valence-corrected chi connectivity index (χ1v) is 19.3. The number of carbonyl (C=O) groups is 1. The van der Waals surface area contributed by atoms with E-state index in [-0.39, 0.29) is 21.3 Å². The standard InChI is InChI=1S/C32H44B5N7O4S/c1-28(2)16-18-4-3-14-38-24-20(33)6-8-23(40-24)49(46,47)42-26(45)19-5-7-21(39-25(19)43(28)17-18)44-15-9-22(41-44)48-32(36,37)31(34,35)27-29(10-11-29)30(27)12-13-30/h5-9,15,18,27H,3-4,10-14,16-17,33-37H2,1-2H3,(H,38,40)(H,42,45)/t18-/m0/s1. The number of hydrogen-bond donors (Lipinski definition) is 2. The lowest BCUT2D eigenvalue weighted by Crippen LogP contribution is -2.52. The normalized spacial score (nSPS) is 24.7. The van der Waals surface area contributed by atoms with Crippen molar-refractivity contribution >= 4 is 72.3 Å². The molecular weight excluding hydrogens is 633 g/mol. The number of pyridine rings is 2. The van der Waals surface area contributed by atoms with Crippen molar-refractivity contribution in [2.24, 2.45) is 22.7 Å². The van der Waals surface area contributed by atoms with Gasteiger partial charge in [0.05, 0.1) is 5.56 Å². The summed E-state index contributed by atoms with van der Waals surface area (Å²) in [6.45, 7) is 5.67. The second-order valence-corrected chi connectivity index (χ2v) is 18.7. The summed E-state index contributed by atoms with van der Waals surface area (Å²) in [4.78, 5) is 25.4. The number of anilines is 2. The van der Waals surface area contributed by atoms with Crippen LogP contribution >= 0.6 is 0 Å². The van der Waals surface area contributed by atoms with Crippen LogP contribution in [0.4, 0.5) is 11.6 Å². The molecule has 11 nitrogen and oxygen atoms in total. The maximum absolute atomic E-state index is 13.8. The van der Waals surface area contributed by atoms with Gasteiger partial charge in [-0.3, -0.25) is 4.79 Å². The van der Waals surface area contributed by atoms with Gasteiger partial charge < -0.3 is 15.0 Å². The summed E-state index contributed by atoms with van der Waals surface area (Å²) < 4.78 is 37.5. The highest BCUT2D eigenvalue weighted by atomic mass is 32.2. The zero-order valence-electron chi connectivity index (χ0n) is 29.8. The van der Waals surface area contributed by atoms with Crippen molar-refractivity contribution in [3.63, 3.8) is 0 Å². The summed E-state index contributed by atoms with van der Waals surface area (Å²) in [5.41, 5.74) is 1.82. The Morgan fingerprint density at radius 3 is 2.41 bits per heavy atom. The smallest absolute Gasteiger partial charge is 0.281 e. The quantitative estimate of drug-likeness (QED) is 0.318. The predicted octanol–water partition coefficient (Wildman–Crippen LogP) is -1.28. The maximum Gasteiger partial charge on any atom is 0.281 e. The topological polar surface area (TPSA) is 131 Å². The summed E-state index contributed by atoms with van der Waals surface area (Å²) in [5.74, 6) is 2.28. The Balaban J connectivity index is 1.11. The van der Waals surface area contributed by atoms with Gasteiger partial charge in [-0.1, -0.05) is 11.3 Å². The van der Waals surface area contributed by atoms with Crippen LogP contribution in [0.1, 0.15) is 69.2 Å². The molecule has 3 aliphatic carbocycles. The molecule has 49 heavy (non-hydrogen) atoms. The number of fused-ring (bicyclic) bond motifs is 7. The second-order valence-electron chi connectivity index (χ2n) is 17.0. The number of nitrogens with zero attached hydrogens (tertiary/aromatic N) is 5. The van der Waals surface area contributed by atoms with Gasteiger partial charge in [-0.2, -0.15) is 8.42 Å². The van der Waals surface area contributed by atoms with Gasteiger partial charge in [0, 0.05) is 36.3 Å². The molecule has 4 fully saturated rings. The van der Waals surface area contributed by atoms with Gasteiger partial charge in [-0.15, -0.1) is 5.10 Å². The van der Waals surface area contributed by atoms with E-state index >= 15 is 0 Å². The Kier molecular flexibility index (Phi) is 7.09. The van der Waals surface area contributed by atoms with Crippen molar-refractivity contribution in [2.45, 2.75) is 80.0 Å². The van der Waals surface area contributed by atoms with Gasteiger partial charge in [0.1, 0.15) is 50.9 Å². The van der Waals surface area contributed by atoms with E-state index in [0.29, 0.717) is 59.1 Å². The van der Waals surface area contributed by atoms with Crippen LogP contribution in [0, 0.1) is 22.7 Å². The average Bonchev–Trinajstić information content (AvgIpc) is 3.98. The number of rotatable bonds is 5. The summed E-state index contributed by atoms with van der Waals surface area (Å²) in [6, 6.07) is 8.34. The van der Waals surface area contributed by atoms with Crippen molar-refractivity contribution < 1.29 is 17.9 Å². The minimum Gasteiger partial charge on any atom is -0.490 e. The lowest BCUT2D eigenvalue weighted by Gasteiger charge is -2.43. The number of aromatic nitrogens is 4. The van der Waals surface area contributed by atoms with Gasteiger partial charge in [0.15, 0.2) is 10.8 Å². The average molecular weight is 677 g/mol. The summed E-state index contributed by atoms with van der Waals surface area (Å²) >= 11 is 0. The first kappa shape index (κ1) is 32.8. The van der Waals surface area contributed by atoms with Gasteiger partial charge in [-0.25, -0.2) is 19.4 Å². The first-order chi connectivity index (χ1) is 23.0. The van der Waals surface area contributed by atoms with E-state index in [2.05, 4.69) is 65.2 Å². The number of ether oxygens (including phenoxy) is 1. The third-order valence-electron chi connectivity index (χ3n) is 13.0. The molecule has 17 heteroatoms. The molecule has 4 bridgehead atoms. The van der Waals surface area contributed by atoms with Crippen LogP contribution in [0.2, 0.25) is 5.21 Å². The van der Waals surface area contributed by atoms with Gasteiger partial charge >= 0.3 is 0 Å². The number of hydrogen-bond acceptors (Lipinski definition) is 9. The monoisotopic (exact) mass is 677 g/mol. The van der Waals surface area contributed by atoms with E-state index in [4.69, 9.17) is 14.8 Å². The van der Waals surface area contributed by atoms with E-state index in [0.717, 1.165) is 24.7 Å². The summed E-state index contributed by atoms with van der Waals surface area (Å²) in [6.07, 6.45) is 10.0.